The highest BCUT2D eigenvalue weighted by molar-refractivity contribution is 9.10. The molecule has 166 valence electrons. The van der Waals surface area contributed by atoms with Crippen molar-refractivity contribution in [3.63, 3.8) is 0 Å². The van der Waals surface area contributed by atoms with Crippen molar-refractivity contribution < 1.29 is 38.5 Å². The van der Waals surface area contributed by atoms with Crippen LogP contribution in [0.2, 0.25) is 0 Å². The number of hydrogen-bond donors (Lipinski definition) is 1. The first-order valence-electron chi connectivity index (χ1n) is 9.00. The summed E-state index contributed by atoms with van der Waals surface area (Å²) >= 11 is 3.25. The molecule has 0 aliphatic carbocycles. The molecular formula is C21H16BrN2O8-. The topological polar surface area (TPSA) is 134 Å². The maximum absolute atomic E-state index is 13.0. The van der Waals surface area contributed by atoms with Crippen LogP contribution in [0.15, 0.2) is 46.4 Å². The SMILES string of the molecule is COc1ccc(N2C(=O)NC(=O)/C(=C/c3cc(Br)c(OCC(=O)[O-])c(OC)c3)C2=O)cc1. The average molecular weight is 504 g/mol. The molecule has 2 aromatic carbocycles. The lowest BCUT2D eigenvalue weighted by molar-refractivity contribution is -0.307. The van der Waals surface area contributed by atoms with Gasteiger partial charge in [0, 0.05) is 0 Å². The quantitative estimate of drug-likeness (QED) is 0.440. The molecule has 1 heterocycles. The number of aliphatic carboxylic acids is 1. The molecule has 0 aromatic heterocycles. The molecule has 0 atom stereocenters. The fraction of sp³-hybridized carbons (Fsp3) is 0.143. The standard InChI is InChI=1S/C21H17BrN2O8/c1-30-13-5-3-12(4-6-13)24-20(28)14(19(27)23-21(24)29)7-11-8-15(22)18(16(9-11)31-2)32-10-17(25)26/h3-9H,10H2,1-2H3,(H,25,26)(H,23,27,29)/p-1/b14-7-. The van der Waals surface area contributed by atoms with Crippen molar-refractivity contribution in [2.24, 2.45) is 0 Å². The van der Waals surface area contributed by atoms with E-state index in [1.165, 1.54) is 44.6 Å². The second-order valence-electron chi connectivity index (χ2n) is 6.35. The predicted octanol–water partition coefficient (Wildman–Crippen LogP) is 1.26. The fourth-order valence-corrected chi connectivity index (χ4v) is 3.46. The smallest absolute Gasteiger partial charge is 0.335 e. The van der Waals surface area contributed by atoms with Crippen LogP contribution in [0.3, 0.4) is 0 Å². The van der Waals surface area contributed by atoms with Crippen LogP contribution in [-0.4, -0.2) is 44.6 Å². The molecule has 2 aromatic rings. The third-order valence-corrected chi connectivity index (χ3v) is 4.92. The van der Waals surface area contributed by atoms with Crippen LogP contribution in [0.4, 0.5) is 10.5 Å². The van der Waals surface area contributed by atoms with Crippen LogP contribution < -0.4 is 29.5 Å². The van der Waals surface area contributed by atoms with Crippen LogP contribution in [-0.2, 0) is 14.4 Å². The van der Waals surface area contributed by atoms with E-state index in [0.717, 1.165) is 4.90 Å². The molecule has 1 saturated heterocycles. The number of urea groups is 1. The minimum atomic E-state index is -1.42. The highest BCUT2D eigenvalue weighted by Gasteiger charge is 2.36. The van der Waals surface area contributed by atoms with Gasteiger partial charge in [-0.25, -0.2) is 9.69 Å². The number of hydrogen-bond acceptors (Lipinski definition) is 8. The largest absolute Gasteiger partial charge is 0.546 e. The maximum atomic E-state index is 13.0. The van der Waals surface area contributed by atoms with Crippen molar-refractivity contribution in [1.82, 2.24) is 5.32 Å². The van der Waals surface area contributed by atoms with Crippen molar-refractivity contribution in [1.29, 1.82) is 0 Å². The second kappa shape index (κ2) is 9.52. The number of benzene rings is 2. The van der Waals surface area contributed by atoms with Crippen LogP contribution in [0.25, 0.3) is 6.08 Å². The zero-order chi connectivity index (χ0) is 23.4. The maximum Gasteiger partial charge on any atom is 0.335 e. The number of halogens is 1. The van der Waals surface area contributed by atoms with Gasteiger partial charge in [0.25, 0.3) is 11.8 Å². The van der Waals surface area contributed by atoms with E-state index in [2.05, 4.69) is 21.2 Å². The molecule has 3 rings (SSSR count). The number of nitrogens with one attached hydrogen (secondary N) is 1. The Morgan fingerprint density at radius 3 is 2.41 bits per heavy atom. The Morgan fingerprint density at radius 2 is 1.81 bits per heavy atom. The van der Waals surface area contributed by atoms with E-state index >= 15 is 0 Å². The number of rotatable bonds is 7. The van der Waals surface area contributed by atoms with Crippen molar-refractivity contribution in [2.75, 3.05) is 25.7 Å². The van der Waals surface area contributed by atoms with Gasteiger partial charge in [0.2, 0.25) is 0 Å². The van der Waals surface area contributed by atoms with Gasteiger partial charge in [-0.15, -0.1) is 0 Å². The summed E-state index contributed by atoms with van der Waals surface area (Å²) < 4.78 is 15.7. The Morgan fingerprint density at radius 1 is 1.12 bits per heavy atom. The number of ether oxygens (including phenoxy) is 3. The average Bonchev–Trinajstić information content (AvgIpc) is 2.75. The number of methoxy groups -OCH3 is 2. The summed E-state index contributed by atoms with van der Waals surface area (Å²) in [6.07, 6.45) is 1.27. The lowest BCUT2D eigenvalue weighted by Gasteiger charge is -2.26. The number of amides is 4. The highest BCUT2D eigenvalue weighted by atomic mass is 79.9. The lowest BCUT2D eigenvalue weighted by Crippen LogP contribution is -2.54. The minimum Gasteiger partial charge on any atom is -0.546 e. The minimum absolute atomic E-state index is 0.105. The number of carboxylic acids is 1. The Bertz CT molecular complexity index is 1130. The molecule has 32 heavy (non-hydrogen) atoms. The van der Waals surface area contributed by atoms with E-state index in [1.807, 2.05) is 0 Å². The highest BCUT2D eigenvalue weighted by Crippen LogP contribution is 2.37. The normalized spacial score (nSPS) is 14.9. The third kappa shape index (κ3) is 4.72. The van der Waals surface area contributed by atoms with Gasteiger partial charge in [-0.1, -0.05) is 0 Å². The predicted molar refractivity (Wildman–Crippen MR) is 113 cm³/mol. The van der Waals surface area contributed by atoms with Gasteiger partial charge >= 0.3 is 6.03 Å². The van der Waals surface area contributed by atoms with E-state index in [4.69, 9.17) is 14.2 Å². The van der Waals surface area contributed by atoms with Gasteiger partial charge in [0.05, 0.1) is 30.3 Å². The van der Waals surface area contributed by atoms with Crippen LogP contribution in [0, 0.1) is 0 Å². The summed E-state index contributed by atoms with van der Waals surface area (Å²) in [6, 6.07) is 8.21. The molecule has 0 unspecified atom stereocenters. The molecule has 1 aliphatic rings. The van der Waals surface area contributed by atoms with Gasteiger partial charge in [-0.05, 0) is 64.0 Å². The number of nitrogens with zero attached hydrogens (tertiary/aromatic N) is 1. The molecule has 4 amide bonds. The van der Waals surface area contributed by atoms with E-state index in [-0.39, 0.29) is 22.8 Å². The first-order chi connectivity index (χ1) is 15.2. The zero-order valence-corrected chi connectivity index (χ0v) is 18.4. The molecule has 1 N–H and O–H groups in total. The summed E-state index contributed by atoms with van der Waals surface area (Å²) in [5.74, 6) is -2.32. The Kier molecular flexibility index (Phi) is 6.79. The first-order valence-corrected chi connectivity index (χ1v) is 9.80. The number of carboxylic acid groups (broad SMARTS) is 1. The van der Waals surface area contributed by atoms with Crippen LogP contribution in [0.5, 0.6) is 17.2 Å². The number of anilines is 1. The molecule has 11 heteroatoms. The van der Waals surface area contributed by atoms with Crippen molar-refractivity contribution >= 4 is 51.5 Å². The van der Waals surface area contributed by atoms with E-state index in [9.17, 15) is 24.3 Å². The molecule has 1 fully saturated rings. The third-order valence-electron chi connectivity index (χ3n) is 4.33. The molecule has 1 aliphatic heterocycles. The molecule has 0 spiro atoms. The zero-order valence-electron chi connectivity index (χ0n) is 16.8. The van der Waals surface area contributed by atoms with Crippen molar-refractivity contribution in [3.05, 3.63) is 52.0 Å². The second-order valence-corrected chi connectivity index (χ2v) is 7.21. The summed E-state index contributed by atoms with van der Waals surface area (Å²) in [5, 5.41) is 12.8. The Labute approximate surface area is 190 Å². The van der Waals surface area contributed by atoms with E-state index in [0.29, 0.717) is 15.8 Å². The number of carbonyl (C=O) groups excluding carboxylic acids is 4. The molecule has 0 radical (unpaired) electrons. The summed E-state index contributed by atoms with van der Waals surface area (Å²) in [5.41, 5.74) is 0.311. The van der Waals surface area contributed by atoms with Gasteiger partial charge in [0.15, 0.2) is 11.5 Å². The summed E-state index contributed by atoms with van der Waals surface area (Å²) in [4.78, 5) is 49.2. The fourth-order valence-electron chi connectivity index (χ4n) is 2.88. The Hall–Kier alpha value is -3.86. The van der Waals surface area contributed by atoms with Gasteiger partial charge < -0.3 is 24.1 Å². The molecule has 0 saturated carbocycles. The monoisotopic (exact) mass is 503 g/mol. The number of barbiturate groups is 1. The number of imide groups is 2. The first kappa shape index (κ1) is 22.8. The molecular weight excluding hydrogens is 488 g/mol. The van der Waals surface area contributed by atoms with Crippen LogP contribution >= 0.6 is 15.9 Å². The molecule has 0 bridgehead atoms. The van der Waals surface area contributed by atoms with Gasteiger partial charge in [0.1, 0.15) is 17.9 Å². The van der Waals surface area contributed by atoms with Gasteiger partial charge in [-0.2, -0.15) is 0 Å². The Balaban J connectivity index is 1.98. The van der Waals surface area contributed by atoms with Gasteiger partial charge in [-0.3, -0.25) is 14.9 Å². The van der Waals surface area contributed by atoms with E-state index < -0.39 is 30.4 Å². The van der Waals surface area contributed by atoms with Crippen LogP contribution in [0.1, 0.15) is 5.56 Å². The lowest BCUT2D eigenvalue weighted by atomic mass is 10.1. The van der Waals surface area contributed by atoms with Crippen molar-refractivity contribution in [3.8, 4) is 17.2 Å². The molecule has 10 nitrogen and oxygen atoms in total. The summed E-state index contributed by atoms with van der Waals surface area (Å²) in [7, 11) is 2.82. The van der Waals surface area contributed by atoms with Crippen molar-refractivity contribution in [2.45, 2.75) is 0 Å². The summed E-state index contributed by atoms with van der Waals surface area (Å²) in [6.45, 7) is -0.699. The number of carbonyl (C=O) groups is 4. The van der Waals surface area contributed by atoms with E-state index in [1.54, 1.807) is 12.1 Å².